The Kier molecular flexibility index (Phi) is 2.49. The Morgan fingerprint density at radius 3 is 3.14 bits per heavy atom. The highest BCUT2D eigenvalue weighted by Gasteiger charge is 2.20. The van der Waals surface area contributed by atoms with Gasteiger partial charge in [-0.2, -0.15) is 0 Å². The molecule has 1 aromatic rings. The number of nitrogens with one attached hydrogen (secondary N) is 1. The summed E-state index contributed by atoms with van der Waals surface area (Å²) in [7, 11) is 0. The van der Waals surface area contributed by atoms with Crippen LogP contribution in [0.2, 0.25) is 0 Å². The molecule has 1 fully saturated rings. The van der Waals surface area contributed by atoms with E-state index in [2.05, 4.69) is 10.3 Å². The molecule has 76 valence electrons. The molecular weight excluding hydrogens is 182 g/mol. The van der Waals surface area contributed by atoms with E-state index in [1.165, 1.54) is 0 Å². The van der Waals surface area contributed by atoms with E-state index in [1.54, 1.807) is 19.4 Å². The Hall–Kier alpha value is -1.36. The summed E-state index contributed by atoms with van der Waals surface area (Å²) in [5.41, 5.74) is 0.388. The largest absolute Gasteiger partial charge is 0.461 e. The quantitative estimate of drug-likeness (QED) is 0.700. The molecule has 0 atom stereocenters. The van der Waals surface area contributed by atoms with Gasteiger partial charge in [0.05, 0.1) is 19.0 Å². The Bertz CT molecular complexity index is 331. The summed E-state index contributed by atoms with van der Waals surface area (Å²) >= 11 is 0. The van der Waals surface area contributed by atoms with Gasteiger partial charge in [-0.25, -0.2) is 9.78 Å². The van der Waals surface area contributed by atoms with Crippen LogP contribution in [0.3, 0.4) is 0 Å². The van der Waals surface area contributed by atoms with Gasteiger partial charge >= 0.3 is 5.97 Å². The molecule has 0 amide bonds. The molecule has 0 unspecified atom stereocenters. The van der Waals surface area contributed by atoms with Crippen LogP contribution in [0.5, 0.6) is 0 Å². The predicted octanol–water partition coefficient (Wildman–Crippen LogP) is 0.204. The molecule has 5 heteroatoms. The lowest BCUT2D eigenvalue weighted by atomic mass is 10.2. The van der Waals surface area contributed by atoms with Crippen molar-refractivity contribution in [2.45, 2.75) is 13.0 Å². The first-order valence-corrected chi connectivity index (χ1v) is 4.72. The summed E-state index contributed by atoms with van der Waals surface area (Å²) < 4.78 is 6.79. The zero-order valence-corrected chi connectivity index (χ0v) is 8.06. The van der Waals surface area contributed by atoms with E-state index in [-0.39, 0.29) is 5.97 Å². The number of hydrogen-bond acceptors (Lipinski definition) is 4. The Labute approximate surface area is 82.1 Å². The number of carbonyl (C=O) groups is 1. The molecule has 0 radical (unpaired) electrons. The maximum Gasteiger partial charge on any atom is 0.358 e. The summed E-state index contributed by atoms with van der Waals surface area (Å²) in [5, 5.41) is 3.16. The highest BCUT2D eigenvalue weighted by molar-refractivity contribution is 5.86. The summed E-state index contributed by atoms with van der Waals surface area (Å²) in [6.45, 7) is 4.05. The number of hydrogen-bond donors (Lipinski definition) is 1. The smallest absolute Gasteiger partial charge is 0.358 e. The minimum Gasteiger partial charge on any atom is -0.461 e. The van der Waals surface area contributed by atoms with Crippen molar-refractivity contribution in [2.75, 3.05) is 19.7 Å². The van der Waals surface area contributed by atoms with Crippen molar-refractivity contribution in [3.05, 3.63) is 18.2 Å². The summed E-state index contributed by atoms with van der Waals surface area (Å²) in [6, 6.07) is 0.436. The highest BCUT2D eigenvalue weighted by Crippen LogP contribution is 2.12. The first kappa shape index (κ1) is 9.21. The van der Waals surface area contributed by atoms with Crippen LogP contribution in [0.25, 0.3) is 0 Å². The number of aromatic nitrogens is 2. The van der Waals surface area contributed by atoms with E-state index in [4.69, 9.17) is 4.74 Å². The van der Waals surface area contributed by atoms with Gasteiger partial charge in [-0.05, 0) is 6.92 Å². The first-order chi connectivity index (χ1) is 6.81. The van der Waals surface area contributed by atoms with Crippen molar-refractivity contribution < 1.29 is 9.53 Å². The van der Waals surface area contributed by atoms with Crippen molar-refractivity contribution in [3.63, 3.8) is 0 Å². The lowest BCUT2D eigenvalue weighted by Crippen LogP contribution is -2.42. The van der Waals surface area contributed by atoms with Gasteiger partial charge in [0.25, 0.3) is 0 Å². The number of ether oxygens (including phenoxy) is 1. The first-order valence-electron chi connectivity index (χ1n) is 4.72. The molecule has 1 aliphatic rings. The van der Waals surface area contributed by atoms with Crippen LogP contribution < -0.4 is 5.32 Å². The molecule has 0 aliphatic carbocycles. The molecule has 1 saturated heterocycles. The third-order valence-electron chi connectivity index (χ3n) is 2.27. The van der Waals surface area contributed by atoms with Crippen LogP contribution in [0, 0.1) is 0 Å². The molecule has 0 aromatic carbocycles. The van der Waals surface area contributed by atoms with Crippen LogP contribution in [0.1, 0.15) is 23.5 Å². The minimum absolute atomic E-state index is 0.349. The van der Waals surface area contributed by atoms with Gasteiger partial charge in [-0.15, -0.1) is 0 Å². The van der Waals surface area contributed by atoms with E-state index >= 15 is 0 Å². The van der Waals surface area contributed by atoms with Crippen LogP contribution in [0.15, 0.2) is 12.5 Å². The van der Waals surface area contributed by atoms with Crippen LogP contribution >= 0.6 is 0 Å². The number of esters is 1. The predicted molar refractivity (Wildman–Crippen MR) is 50.1 cm³/mol. The molecule has 0 saturated carbocycles. The number of nitrogens with zero attached hydrogens (tertiary/aromatic N) is 2. The lowest BCUT2D eigenvalue weighted by molar-refractivity contribution is 0.0520. The van der Waals surface area contributed by atoms with E-state index in [9.17, 15) is 4.79 Å². The van der Waals surface area contributed by atoms with Gasteiger partial charge < -0.3 is 14.6 Å². The highest BCUT2D eigenvalue weighted by atomic mass is 16.5. The Morgan fingerprint density at radius 2 is 2.57 bits per heavy atom. The molecule has 1 aromatic heterocycles. The third kappa shape index (κ3) is 1.63. The van der Waals surface area contributed by atoms with Crippen LogP contribution in [-0.4, -0.2) is 35.2 Å². The fraction of sp³-hybridized carbons (Fsp3) is 0.556. The standard InChI is InChI=1S/C9H13N3O2/c1-2-14-9(13)8-5-12(6-11-8)7-3-10-4-7/h5-7,10H,2-4H2,1H3. The van der Waals surface area contributed by atoms with E-state index in [0.29, 0.717) is 18.3 Å². The van der Waals surface area contributed by atoms with Gasteiger partial charge in [0.15, 0.2) is 5.69 Å². The summed E-state index contributed by atoms with van der Waals surface area (Å²) in [6.07, 6.45) is 3.42. The second-order valence-electron chi connectivity index (χ2n) is 3.24. The van der Waals surface area contributed by atoms with Crippen molar-refractivity contribution in [2.24, 2.45) is 0 Å². The van der Waals surface area contributed by atoms with Crippen molar-refractivity contribution in [1.29, 1.82) is 0 Å². The zero-order valence-electron chi connectivity index (χ0n) is 8.06. The fourth-order valence-corrected chi connectivity index (χ4v) is 1.33. The van der Waals surface area contributed by atoms with E-state index in [1.807, 2.05) is 4.57 Å². The fourth-order valence-electron chi connectivity index (χ4n) is 1.33. The average molecular weight is 195 g/mol. The molecule has 14 heavy (non-hydrogen) atoms. The van der Waals surface area contributed by atoms with Crippen molar-refractivity contribution in [3.8, 4) is 0 Å². The van der Waals surface area contributed by atoms with Crippen LogP contribution in [-0.2, 0) is 4.74 Å². The van der Waals surface area contributed by atoms with E-state index < -0.39 is 0 Å². The Morgan fingerprint density at radius 1 is 1.79 bits per heavy atom. The van der Waals surface area contributed by atoms with E-state index in [0.717, 1.165) is 13.1 Å². The second-order valence-corrected chi connectivity index (χ2v) is 3.24. The molecule has 2 rings (SSSR count). The molecule has 1 N–H and O–H groups in total. The molecule has 1 aliphatic heterocycles. The molecular formula is C9H13N3O2. The molecule has 0 bridgehead atoms. The molecule has 0 spiro atoms. The van der Waals surface area contributed by atoms with Crippen LogP contribution in [0.4, 0.5) is 0 Å². The second kappa shape index (κ2) is 3.79. The summed E-state index contributed by atoms with van der Waals surface area (Å²) in [4.78, 5) is 15.3. The number of imidazole rings is 1. The number of rotatable bonds is 3. The topological polar surface area (TPSA) is 56.1 Å². The number of carbonyl (C=O) groups excluding carboxylic acids is 1. The zero-order chi connectivity index (χ0) is 9.97. The average Bonchev–Trinajstić information content (AvgIpc) is 2.50. The van der Waals surface area contributed by atoms with Gasteiger partial charge in [0.2, 0.25) is 0 Å². The minimum atomic E-state index is -0.349. The van der Waals surface area contributed by atoms with Gasteiger partial charge in [0.1, 0.15) is 0 Å². The van der Waals surface area contributed by atoms with Gasteiger partial charge in [0, 0.05) is 19.3 Å². The Balaban J connectivity index is 2.05. The SMILES string of the molecule is CCOC(=O)c1cn(C2CNC2)cn1. The van der Waals surface area contributed by atoms with Gasteiger partial charge in [-0.3, -0.25) is 0 Å². The monoisotopic (exact) mass is 195 g/mol. The maximum absolute atomic E-state index is 11.3. The normalized spacial score (nSPS) is 16.4. The molecule has 5 nitrogen and oxygen atoms in total. The summed E-state index contributed by atoms with van der Waals surface area (Å²) in [5.74, 6) is -0.349. The third-order valence-corrected chi connectivity index (χ3v) is 2.27. The maximum atomic E-state index is 11.3. The van der Waals surface area contributed by atoms with Crippen molar-refractivity contribution >= 4 is 5.97 Å². The van der Waals surface area contributed by atoms with Gasteiger partial charge in [-0.1, -0.05) is 0 Å². The molecule has 2 heterocycles. The van der Waals surface area contributed by atoms with Crippen molar-refractivity contribution in [1.82, 2.24) is 14.9 Å². The lowest BCUT2D eigenvalue weighted by Gasteiger charge is -2.27.